The number of nitrogens with zero attached hydrogens (tertiary/aromatic N) is 4. The molecule has 4 nitrogen and oxygen atoms in total. The van der Waals surface area contributed by atoms with Gasteiger partial charge in [0.05, 0.1) is 16.8 Å². The maximum absolute atomic E-state index is 8.84. The van der Waals surface area contributed by atoms with Crippen molar-refractivity contribution in [3.63, 3.8) is 0 Å². The van der Waals surface area contributed by atoms with Crippen LogP contribution in [0.1, 0.15) is 11.1 Å². The Morgan fingerprint density at radius 1 is 1.13 bits per heavy atom. The second-order valence-corrected chi connectivity index (χ2v) is 2.90. The molecule has 0 bridgehead atoms. The Kier molecular flexibility index (Phi) is 2.19. The highest BCUT2D eigenvalue weighted by Gasteiger charge is 2.03. The summed E-state index contributed by atoms with van der Waals surface area (Å²) in [6, 6.07) is 10.8. The van der Waals surface area contributed by atoms with E-state index < -0.39 is 0 Å². The lowest BCUT2D eigenvalue weighted by Crippen LogP contribution is -1.95. The van der Waals surface area contributed by atoms with E-state index in [1.54, 1.807) is 41.3 Å². The van der Waals surface area contributed by atoms with Gasteiger partial charge in [-0.2, -0.15) is 15.6 Å². The van der Waals surface area contributed by atoms with Crippen LogP contribution in [0.4, 0.5) is 0 Å². The molecule has 0 fully saturated rings. The molecule has 0 saturated carbocycles. The average Bonchev–Trinajstić information content (AvgIpc) is 2.81. The number of aromatic nitrogens is 2. The maximum Gasteiger partial charge on any atom is 0.101 e. The summed E-state index contributed by atoms with van der Waals surface area (Å²) < 4.78 is 1.64. The minimum Gasteiger partial charge on any atom is -0.241 e. The first-order valence-electron chi connectivity index (χ1n) is 4.29. The van der Waals surface area contributed by atoms with Gasteiger partial charge in [-0.15, -0.1) is 0 Å². The van der Waals surface area contributed by atoms with Crippen molar-refractivity contribution in [2.45, 2.75) is 0 Å². The van der Waals surface area contributed by atoms with E-state index in [-0.39, 0.29) is 0 Å². The lowest BCUT2D eigenvalue weighted by molar-refractivity contribution is 0.880. The van der Waals surface area contributed by atoms with Crippen LogP contribution in [0.2, 0.25) is 0 Å². The van der Waals surface area contributed by atoms with Gasteiger partial charge in [-0.05, 0) is 24.3 Å². The molecular formula is C11H6N4. The normalized spacial score (nSPS) is 9.20. The summed E-state index contributed by atoms with van der Waals surface area (Å²) >= 11 is 0. The van der Waals surface area contributed by atoms with Crippen molar-refractivity contribution in [3.05, 3.63) is 47.8 Å². The van der Waals surface area contributed by atoms with Crippen LogP contribution in [-0.2, 0) is 0 Å². The van der Waals surface area contributed by atoms with E-state index in [9.17, 15) is 0 Å². The molecule has 0 saturated heterocycles. The molecule has 0 aliphatic rings. The van der Waals surface area contributed by atoms with Gasteiger partial charge in [0.15, 0.2) is 0 Å². The van der Waals surface area contributed by atoms with Gasteiger partial charge >= 0.3 is 0 Å². The second-order valence-electron chi connectivity index (χ2n) is 2.90. The highest BCUT2D eigenvalue weighted by atomic mass is 15.3. The summed E-state index contributed by atoms with van der Waals surface area (Å²) in [6.45, 7) is 0. The summed E-state index contributed by atoms with van der Waals surface area (Å²) in [5, 5.41) is 21.6. The van der Waals surface area contributed by atoms with Crippen LogP contribution in [0.5, 0.6) is 0 Å². The van der Waals surface area contributed by atoms with Gasteiger partial charge in [-0.1, -0.05) is 0 Å². The first-order chi connectivity index (χ1) is 7.35. The van der Waals surface area contributed by atoms with Gasteiger partial charge in [0, 0.05) is 12.4 Å². The Bertz CT molecular complexity index is 555. The standard InChI is InChI=1S/C11H6N4/c12-7-9-2-3-11(6-10(9)8-13)15-5-1-4-14-15/h1-6H. The van der Waals surface area contributed by atoms with Crippen LogP contribution in [0.25, 0.3) is 5.69 Å². The highest BCUT2D eigenvalue weighted by Crippen LogP contribution is 2.13. The first kappa shape index (κ1) is 8.98. The summed E-state index contributed by atoms with van der Waals surface area (Å²) in [7, 11) is 0. The summed E-state index contributed by atoms with van der Waals surface area (Å²) in [5.41, 5.74) is 1.52. The summed E-state index contributed by atoms with van der Waals surface area (Å²) in [6.07, 6.45) is 3.44. The van der Waals surface area contributed by atoms with E-state index in [1.165, 1.54) is 0 Å². The molecule has 4 heteroatoms. The van der Waals surface area contributed by atoms with E-state index >= 15 is 0 Å². The average molecular weight is 194 g/mol. The lowest BCUT2D eigenvalue weighted by atomic mass is 10.1. The van der Waals surface area contributed by atoms with Crippen LogP contribution in [0.15, 0.2) is 36.7 Å². The SMILES string of the molecule is N#Cc1ccc(-n2cccn2)cc1C#N. The number of benzene rings is 1. The largest absolute Gasteiger partial charge is 0.241 e. The third kappa shape index (κ3) is 1.56. The van der Waals surface area contributed by atoms with Crippen molar-refractivity contribution >= 4 is 0 Å². The number of rotatable bonds is 1. The molecule has 2 aromatic rings. The van der Waals surface area contributed by atoms with Gasteiger partial charge in [0.1, 0.15) is 12.1 Å². The van der Waals surface area contributed by atoms with Crippen LogP contribution in [0, 0.1) is 22.7 Å². The van der Waals surface area contributed by atoms with Crippen LogP contribution in [0.3, 0.4) is 0 Å². The Hall–Kier alpha value is -2.59. The van der Waals surface area contributed by atoms with Gasteiger partial charge in [-0.3, -0.25) is 0 Å². The van der Waals surface area contributed by atoms with Gasteiger partial charge in [0.25, 0.3) is 0 Å². The molecule has 15 heavy (non-hydrogen) atoms. The number of hydrogen-bond acceptors (Lipinski definition) is 3. The Balaban J connectivity index is 2.56. The molecule has 0 aliphatic carbocycles. The minimum absolute atomic E-state index is 0.366. The Morgan fingerprint density at radius 3 is 2.53 bits per heavy atom. The number of nitriles is 2. The van der Waals surface area contributed by atoms with Crippen molar-refractivity contribution in [1.29, 1.82) is 10.5 Å². The molecule has 1 heterocycles. The van der Waals surface area contributed by atoms with Crippen molar-refractivity contribution < 1.29 is 0 Å². The zero-order valence-corrected chi connectivity index (χ0v) is 7.75. The fraction of sp³-hybridized carbons (Fsp3) is 0. The van der Waals surface area contributed by atoms with Crippen molar-refractivity contribution in [1.82, 2.24) is 9.78 Å². The predicted molar refractivity (Wildman–Crippen MR) is 53.0 cm³/mol. The molecule has 0 spiro atoms. The topological polar surface area (TPSA) is 65.4 Å². The summed E-state index contributed by atoms with van der Waals surface area (Å²) in [4.78, 5) is 0. The molecular weight excluding hydrogens is 188 g/mol. The lowest BCUT2D eigenvalue weighted by Gasteiger charge is -2.01. The molecule has 2 rings (SSSR count). The zero-order chi connectivity index (χ0) is 10.7. The summed E-state index contributed by atoms with van der Waals surface area (Å²) in [5.74, 6) is 0. The predicted octanol–water partition coefficient (Wildman–Crippen LogP) is 1.62. The third-order valence-corrected chi connectivity index (χ3v) is 2.01. The van der Waals surface area contributed by atoms with E-state index in [0.29, 0.717) is 11.1 Å². The van der Waals surface area contributed by atoms with Crippen molar-refractivity contribution in [2.24, 2.45) is 0 Å². The van der Waals surface area contributed by atoms with Crippen LogP contribution < -0.4 is 0 Å². The van der Waals surface area contributed by atoms with E-state index in [0.717, 1.165) is 5.69 Å². The molecule has 0 atom stereocenters. The molecule has 0 aliphatic heterocycles. The molecule has 1 aromatic carbocycles. The first-order valence-corrected chi connectivity index (χ1v) is 4.29. The van der Waals surface area contributed by atoms with E-state index in [2.05, 4.69) is 5.10 Å². The quantitative estimate of drug-likeness (QED) is 0.692. The maximum atomic E-state index is 8.84. The smallest absolute Gasteiger partial charge is 0.101 e. The fourth-order valence-electron chi connectivity index (χ4n) is 1.29. The van der Waals surface area contributed by atoms with Crippen LogP contribution >= 0.6 is 0 Å². The second kappa shape index (κ2) is 3.65. The zero-order valence-electron chi connectivity index (χ0n) is 7.75. The fourth-order valence-corrected chi connectivity index (χ4v) is 1.29. The molecule has 1 aromatic heterocycles. The molecule has 0 amide bonds. The number of hydrogen-bond donors (Lipinski definition) is 0. The highest BCUT2D eigenvalue weighted by molar-refractivity contribution is 5.51. The van der Waals surface area contributed by atoms with Gasteiger partial charge < -0.3 is 0 Å². The molecule has 0 radical (unpaired) electrons. The third-order valence-electron chi connectivity index (χ3n) is 2.01. The Morgan fingerprint density at radius 2 is 1.93 bits per heavy atom. The molecule has 0 unspecified atom stereocenters. The molecule has 0 N–H and O–H groups in total. The van der Waals surface area contributed by atoms with Crippen LogP contribution in [-0.4, -0.2) is 9.78 Å². The van der Waals surface area contributed by atoms with Crippen molar-refractivity contribution in [3.8, 4) is 17.8 Å². The van der Waals surface area contributed by atoms with Gasteiger partial charge in [-0.25, -0.2) is 4.68 Å². The Labute approximate surface area is 86.6 Å². The van der Waals surface area contributed by atoms with E-state index in [4.69, 9.17) is 10.5 Å². The molecule has 70 valence electrons. The monoisotopic (exact) mass is 194 g/mol. The minimum atomic E-state index is 0.366. The van der Waals surface area contributed by atoms with E-state index in [1.807, 2.05) is 12.1 Å². The van der Waals surface area contributed by atoms with Gasteiger partial charge in [0.2, 0.25) is 0 Å². The van der Waals surface area contributed by atoms with Crippen molar-refractivity contribution in [2.75, 3.05) is 0 Å².